The first-order valence-corrected chi connectivity index (χ1v) is 8.30. The molecule has 2 aromatic heterocycles. The molecule has 0 radical (unpaired) electrons. The van der Waals surface area contributed by atoms with Crippen molar-refractivity contribution in [2.75, 3.05) is 0 Å². The van der Waals surface area contributed by atoms with E-state index in [1.54, 1.807) is 23.9 Å². The topological polar surface area (TPSA) is 59.0 Å². The lowest BCUT2D eigenvalue weighted by Gasteiger charge is -2.16. The van der Waals surface area contributed by atoms with Gasteiger partial charge in [0.15, 0.2) is 0 Å². The maximum Gasteiger partial charge on any atom is 0.315 e. The van der Waals surface area contributed by atoms with Crippen LogP contribution in [0.1, 0.15) is 24.1 Å². The molecular formula is C17H18N4OS. The molecule has 0 saturated heterocycles. The molecule has 2 heterocycles. The zero-order valence-electron chi connectivity index (χ0n) is 12.8. The summed E-state index contributed by atoms with van der Waals surface area (Å²) in [5.41, 5.74) is 3.18. The number of amides is 2. The molecule has 0 fully saturated rings. The van der Waals surface area contributed by atoms with Crippen LogP contribution in [-0.4, -0.2) is 15.6 Å². The van der Waals surface area contributed by atoms with Crippen LogP contribution in [0.4, 0.5) is 4.79 Å². The lowest BCUT2D eigenvalue weighted by molar-refractivity contribution is 0.237. The van der Waals surface area contributed by atoms with Gasteiger partial charge in [0.1, 0.15) is 0 Å². The Morgan fingerprint density at radius 1 is 1.39 bits per heavy atom. The van der Waals surface area contributed by atoms with Crippen LogP contribution in [0.2, 0.25) is 0 Å². The number of nitrogens with one attached hydrogen (secondary N) is 2. The molecule has 23 heavy (non-hydrogen) atoms. The second kappa shape index (κ2) is 7.11. The molecule has 1 aromatic carbocycles. The Morgan fingerprint density at radius 3 is 3.04 bits per heavy atom. The minimum absolute atomic E-state index is 0.0825. The number of benzene rings is 1. The van der Waals surface area contributed by atoms with Gasteiger partial charge in [-0.3, -0.25) is 0 Å². The third-order valence-electron chi connectivity index (χ3n) is 3.55. The van der Waals surface area contributed by atoms with Crippen molar-refractivity contribution >= 4 is 17.4 Å². The van der Waals surface area contributed by atoms with Gasteiger partial charge in [-0.15, -0.1) is 0 Å². The first kappa shape index (κ1) is 15.3. The first-order chi connectivity index (χ1) is 11.2. The van der Waals surface area contributed by atoms with E-state index in [-0.39, 0.29) is 12.1 Å². The molecule has 0 aliphatic rings. The van der Waals surface area contributed by atoms with Crippen LogP contribution < -0.4 is 10.6 Å². The van der Waals surface area contributed by atoms with E-state index in [1.807, 2.05) is 58.8 Å². The fraction of sp³-hybridized carbons (Fsp3) is 0.176. The van der Waals surface area contributed by atoms with Gasteiger partial charge in [-0.2, -0.15) is 11.3 Å². The van der Waals surface area contributed by atoms with E-state index in [1.165, 1.54) is 0 Å². The minimum Gasteiger partial charge on any atom is -0.334 e. The summed E-state index contributed by atoms with van der Waals surface area (Å²) in [5.74, 6) is 0. The summed E-state index contributed by atoms with van der Waals surface area (Å²) >= 11 is 1.62. The average Bonchev–Trinajstić information content (AvgIpc) is 3.26. The SMILES string of the molecule is C[C@@H](NC(=O)NCc1ccsc1)c1cccc(-n2ccnc2)c1. The molecule has 118 valence electrons. The van der Waals surface area contributed by atoms with Gasteiger partial charge in [0.2, 0.25) is 0 Å². The maximum atomic E-state index is 12.0. The van der Waals surface area contributed by atoms with Crippen molar-refractivity contribution in [1.82, 2.24) is 20.2 Å². The lowest BCUT2D eigenvalue weighted by atomic mass is 10.1. The number of thiophene rings is 1. The number of carbonyl (C=O) groups is 1. The predicted octanol–water partition coefficient (Wildman–Crippen LogP) is 3.49. The molecule has 3 rings (SSSR count). The van der Waals surface area contributed by atoms with Gasteiger partial charge in [0, 0.05) is 24.6 Å². The van der Waals surface area contributed by atoms with Gasteiger partial charge < -0.3 is 15.2 Å². The van der Waals surface area contributed by atoms with Crippen LogP contribution in [0.5, 0.6) is 0 Å². The van der Waals surface area contributed by atoms with E-state index in [4.69, 9.17) is 0 Å². The molecule has 0 bridgehead atoms. The summed E-state index contributed by atoms with van der Waals surface area (Å²) < 4.78 is 1.94. The van der Waals surface area contributed by atoms with Crippen LogP contribution in [0.3, 0.4) is 0 Å². The van der Waals surface area contributed by atoms with Crippen LogP contribution in [0, 0.1) is 0 Å². The van der Waals surface area contributed by atoms with Gasteiger partial charge in [-0.1, -0.05) is 12.1 Å². The van der Waals surface area contributed by atoms with Crippen molar-refractivity contribution in [2.24, 2.45) is 0 Å². The Kier molecular flexibility index (Phi) is 4.73. The van der Waals surface area contributed by atoms with Crippen molar-refractivity contribution in [2.45, 2.75) is 19.5 Å². The highest BCUT2D eigenvalue weighted by molar-refractivity contribution is 7.07. The Morgan fingerprint density at radius 2 is 2.30 bits per heavy atom. The quantitative estimate of drug-likeness (QED) is 0.754. The highest BCUT2D eigenvalue weighted by Crippen LogP contribution is 2.16. The molecule has 2 N–H and O–H groups in total. The van der Waals surface area contributed by atoms with Crippen molar-refractivity contribution in [3.63, 3.8) is 0 Å². The number of rotatable bonds is 5. The van der Waals surface area contributed by atoms with Crippen LogP contribution in [0.15, 0.2) is 59.8 Å². The molecule has 0 saturated carbocycles. The van der Waals surface area contributed by atoms with E-state index in [9.17, 15) is 4.79 Å². The number of nitrogens with zero attached hydrogens (tertiary/aromatic N) is 2. The Labute approximate surface area is 139 Å². The summed E-state index contributed by atoms with van der Waals surface area (Å²) in [6.45, 7) is 2.51. The molecule has 0 aliphatic carbocycles. The Balaban J connectivity index is 1.60. The van der Waals surface area contributed by atoms with Crippen molar-refractivity contribution in [1.29, 1.82) is 0 Å². The highest BCUT2D eigenvalue weighted by Gasteiger charge is 2.10. The third-order valence-corrected chi connectivity index (χ3v) is 4.29. The molecule has 2 amide bonds. The number of imidazole rings is 1. The van der Waals surface area contributed by atoms with E-state index < -0.39 is 0 Å². The molecule has 3 aromatic rings. The molecule has 5 nitrogen and oxygen atoms in total. The minimum atomic E-state index is -0.170. The van der Waals surface area contributed by atoms with Gasteiger partial charge in [-0.05, 0) is 47.0 Å². The third kappa shape index (κ3) is 3.98. The normalized spacial score (nSPS) is 11.9. The van der Waals surface area contributed by atoms with Crippen LogP contribution in [-0.2, 0) is 6.54 Å². The molecule has 0 spiro atoms. The summed E-state index contributed by atoms with van der Waals surface area (Å²) in [7, 11) is 0. The molecule has 1 atom stereocenters. The zero-order chi connectivity index (χ0) is 16.1. The molecule has 6 heteroatoms. The number of carbonyl (C=O) groups excluding carboxylic acids is 1. The number of hydrogen-bond donors (Lipinski definition) is 2. The van der Waals surface area contributed by atoms with Crippen molar-refractivity contribution < 1.29 is 4.79 Å². The maximum absolute atomic E-state index is 12.0. The number of urea groups is 1. The van der Waals surface area contributed by atoms with Gasteiger partial charge in [0.05, 0.1) is 12.4 Å². The fourth-order valence-electron chi connectivity index (χ4n) is 2.27. The number of aromatic nitrogens is 2. The average molecular weight is 326 g/mol. The first-order valence-electron chi connectivity index (χ1n) is 7.36. The summed E-state index contributed by atoms with van der Waals surface area (Å²) in [6.07, 6.45) is 5.39. The van der Waals surface area contributed by atoms with E-state index >= 15 is 0 Å². The fourth-order valence-corrected chi connectivity index (χ4v) is 2.94. The summed E-state index contributed by atoms with van der Waals surface area (Å²) in [5, 5.41) is 9.85. The van der Waals surface area contributed by atoms with Crippen LogP contribution in [0.25, 0.3) is 5.69 Å². The summed E-state index contributed by atoms with van der Waals surface area (Å²) in [6, 6.07) is 9.79. The van der Waals surface area contributed by atoms with Crippen LogP contribution >= 0.6 is 11.3 Å². The van der Waals surface area contributed by atoms with Crippen molar-refractivity contribution in [3.05, 3.63) is 70.9 Å². The van der Waals surface area contributed by atoms with Gasteiger partial charge >= 0.3 is 6.03 Å². The van der Waals surface area contributed by atoms with E-state index in [2.05, 4.69) is 15.6 Å². The van der Waals surface area contributed by atoms with Crippen molar-refractivity contribution in [3.8, 4) is 5.69 Å². The predicted molar refractivity (Wildman–Crippen MR) is 91.7 cm³/mol. The Hall–Kier alpha value is -2.60. The van der Waals surface area contributed by atoms with E-state index in [0.29, 0.717) is 6.54 Å². The smallest absolute Gasteiger partial charge is 0.315 e. The summed E-state index contributed by atoms with van der Waals surface area (Å²) in [4.78, 5) is 16.1. The second-order valence-electron chi connectivity index (χ2n) is 5.25. The lowest BCUT2D eigenvalue weighted by Crippen LogP contribution is -2.36. The second-order valence-corrected chi connectivity index (χ2v) is 6.03. The van der Waals surface area contributed by atoms with Gasteiger partial charge in [0.25, 0.3) is 0 Å². The molecule has 0 aliphatic heterocycles. The molecular weight excluding hydrogens is 308 g/mol. The largest absolute Gasteiger partial charge is 0.334 e. The number of hydrogen-bond acceptors (Lipinski definition) is 3. The van der Waals surface area contributed by atoms with E-state index in [0.717, 1.165) is 16.8 Å². The molecule has 0 unspecified atom stereocenters. The highest BCUT2D eigenvalue weighted by atomic mass is 32.1. The monoisotopic (exact) mass is 326 g/mol. The standard InChI is InChI=1S/C17H18N4OS/c1-13(20-17(22)19-10-14-5-8-23-11-14)15-3-2-4-16(9-15)21-7-6-18-12-21/h2-9,11-13H,10H2,1H3,(H2,19,20,22)/t13-/m1/s1. The Bertz CT molecular complexity index is 753. The zero-order valence-corrected chi connectivity index (χ0v) is 13.6. The van der Waals surface area contributed by atoms with Gasteiger partial charge in [-0.25, -0.2) is 9.78 Å².